The number of hydrogen-bond acceptors (Lipinski definition) is 6. The van der Waals surface area contributed by atoms with Gasteiger partial charge in [0.1, 0.15) is 6.33 Å². The summed E-state index contributed by atoms with van der Waals surface area (Å²) >= 11 is 1.40. The van der Waals surface area contributed by atoms with Crippen LogP contribution in [0, 0.1) is 20.8 Å². The Kier molecular flexibility index (Phi) is 4.70. The van der Waals surface area contributed by atoms with Gasteiger partial charge in [-0.3, -0.25) is 10.1 Å². The summed E-state index contributed by atoms with van der Waals surface area (Å²) in [7, 11) is 0. The Labute approximate surface area is 166 Å². The van der Waals surface area contributed by atoms with Gasteiger partial charge >= 0.3 is 0 Å². The van der Waals surface area contributed by atoms with Crippen LogP contribution in [0.25, 0.3) is 16.9 Å². The lowest BCUT2D eigenvalue weighted by Gasteiger charge is -2.08. The molecule has 0 aliphatic heterocycles. The van der Waals surface area contributed by atoms with Crippen LogP contribution in [0.1, 0.15) is 27.0 Å². The molecule has 0 atom stereocenters. The zero-order chi connectivity index (χ0) is 19.7. The SMILES string of the molecule is Cc1cc(C)c(-c2csc(NC(=O)c3ccccc3-n3cnnn3)n2)cc1C. The van der Waals surface area contributed by atoms with Crippen LogP contribution in [0.3, 0.4) is 0 Å². The Morgan fingerprint density at radius 2 is 1.86 bits per heavy atom. The van der Waals surface area contributed by atoms with Crippen molar-refractivity contribution in [1.82, 2.24) is 25.2 Å². The summed E-state index contributed by atoms with van der Waals surface area (Å²) in [5.74, 6) is -0.260. The van der Waals surface area contributed by atoms with Crippen molar-refractivity contribution >= 4 is 22.4 Å². The fourth-order valence-corrected chi connectivity index (χ4v) is 3.70. The molecule has 4 aromatic rings. The molecule has 2 aromatic heterocycles. The molecule has 0 saturated heterocycles. The van der Waals surface area contributed by atoms with E-state index in [4.69, 9.17) is 0 Å². The number of hydrogen-bond donors (Lipinski definition) is 1. The van der Waals surface area contributed by atoms with E-state index in [0.717, 1.165) is 16.8 Å². The highest BCUT2D eigenvalue weighted by Gasteiger charge is 2.16. The maximum absolute atomic E-state index is 12.8. The number of para-hydroxylation sites is 1. The Balaban J connectivity index is 1.61. The second-order valence-electron chi connectivity index (χ2n) is 6.51. The number of rotatable bonds is 4. The van der Waals surface area contributed by atoms with Crippen LogP contribution in [0.2, 0.25) is 0 Å². The summed E-state index contributed by atoms with van der Waals surface area (Å²) in [6, 6.07) is 11.4. The van der Waals surface area contributed by atoms with Gasteiger partial charge in [-0.2, -0.15) is 4.68 Å². The Morgan fingerprint density at radius 3 is 2.64 bits per heavy atom. The minimum Gasteiger partial charge on any atom is -0.298 e. The first kappa shape index (κ1) is 18.0. The largest absolute Gasteiger partial charge is 0.298 e. The maximum Gasteiger partial charge on any atom is 0.259 e. The number of benzene rings is 2. The smallest absolute Gasteiger partial charge is 0.259 e. The Bertz CT molecular complexity index is 1150. The number of carbonyl (C=O) groups is 1. The summed E-state index contributed by atoms with van der Waals surface area (Å²) in [4.78, 5) is 17.4. The van der Waals surface area contributed by atoms with E-state index in [2.05, 4.69) is 58.7 Å². The molecule has 0 bridgehead atoms. The molecule has 4 rings (SSSR count). The minimum atomic E-state index is -0.260. The highest BCUT2D eigenvalue weighted by Crippen LogP contribution is 2.29. The molecule has 0 radical (unpaired) electrons. The van der Waals surface area contributed by atoms with E-state index in [0.29, 0.717) is 16.4 Å². The third-order valence-electron chi connectivity index (χ3n) is 4.59. The van der Waals surface area contributed by atoms with E-state index in [-0.39, 0.29) is 5.91 Å². The van der Waals surface area contributed by atoms with Gasteiger partial charge in [-0.05, 0) is 66.1 Å². The van der Waals surface area contributed by atoms with E-state index < -0.39 is 0 Å². The van der Waals surface area contributed by atoms with Crippen molar-refractivity contribution in [1.29, 1.82) is 0 Å². The molecule has 1 amide bonds. The van der Waals surface area contributed by atoms with Crippen molar-refractivity contribution in [2.75, 3.05) is 5.32 Å². The average molecular weight is 390 g/mol. The fourth-order valence-electron chi connectivity index (χ4n) is 2.99. The number of anilines is 1. The molecule has 1 N–H and O–H groups in total. The minimum absolute atomic E-state index is 0.260. The topological polar surface area (TPSA) is 85.6 Å². The molecule has 140 valence electrons. The molecule has 0 fully saturated rings. The number of amides is 1. The highest BCUT2D eigenvalue weighted by atomic mass is 32.1. The molecule has 0 spiro atoms. The molecule has 28 heavy (non-hydrogen) atoms. The summed E-state index contributed by atoms with van der Waals surface area (Å²) in [5, 5.41) is 16.5. The summed E-state index contributed by atoms with van der Waals surface area (Å²) in [6.07, 6.45) is 1.45. The third-order valence-corrected chi connectivity index (χ3v) is 5.34. The van der Waals surface area contributed by atoms with E-state index >= 15 is 0 Å². The quantitative estimate of drug-likeness (QED) is 0.570. The second-order valence-corrected chi connectivity index (χ2v) is 7.37. The average Bonchev–Trinajstić information content (AvgIpc) is 3.37. The van der Waals surface area contributed by atoms with Gasteiger partial charge in [0.25, 0.3) is 5.91 Å². The van der Waals surface area contributed by atoms with E-state index in [1.54, 1.807) is 18.2 Å². The van der Waals surface area contributed by atoms with Crippen LogP contribution >= 0.6 is 11.3 Å². The van der Waals surface area contributed by atoms with Crippen LogP contribution in [-0.2, 0) is 0 Å². The molecule has 0 unspecified atom stereocenters. The van der Waals surface area contributed by atoms with Crippen molar-refractivity contribution in [2.45, 2.75) is 20.8 Å². The number of thiazole rings is 1. The number of nitrogens with zero attached hydrogens (tertiary/aromatic N) is 5. The number of tetrazole rings is 1. The fraction of sp³-hybridized carbons (Fsp3) is 0.150. The molecular weight excluding hydrogens is 372 g/mol. The van der Waals surface area contributed by atoms with Crippen molar-refractivity contribution in [3.8, 4) is 16.9 Å². The summed E-state index contributed by atoms with van der Waals surface area (Å²) in [5.41, 5.74) is 6.64. The Hall–Kier alpha value is -3.39. The van der Waals surface area contributed by atoms with Crippen molar-refractivity contribution in [3.63, 3.8) is 0 Å². The van der Waals surface area contributed by atoms with E-state index in [9.17, 15) is 4.79 Å². The van der Waals surface area contributed by atoms with Crippen LogP contribution < -0.4 is 5.32 Å². The Morgan fingerprint density at radius 1 is 1.07 bits per heavy atom. The normalized spacial score (nSPS) is 10.8. The van der Waals surface area contributed by atoms with Gasteiger partial charge in [-0.1, -0.05) is 18.2 Å². The van der Waals surface area contributed by atoms with Crippen molar-refractivity contribution in [3.05, 3.63) is 70.4 Å². The molecule has 2 heterocycles. The number of carbonyl (C=O) groups excluding carboxylic acids is 1. The van der Waals surface area contributed by atoms with Gasteiger partial charge in [-0.15, -0.1) is 16.4 Å². The van der Waals surface area contributed by atoms with Gasteiger partial charge in [-0.25, -0.2) is 4.98 Å². The second kappa shape index (κ2) is 7.32. The monoisotopic (exact) mass is 390 g/mol. The maximum atomic E-state index is 12.8. The van der Waals surface area contributed by atoms with Crippen LogP contribution in [0.15, 0.2) is 48.1 Å². The summed E-state index contributed by atoms with van der Waals surface area (Å²) in [6.45, 7) is 6.26. The summed E-state index contributed by atoms with van der Waals surface area (Å²) < 4.78 is 1.46. The van der Waals surface area contributed by atoms with Crippen LogP contribution in [-0.4, -0.2) is 31.1 Å². The lowest BCUT2D eigenvalue weighted by molar-refractivity contribution is 0.102. The highest BCUT2D eigenvalue weighted by molar-refractivity contribution is 7.14. The molecule has 0 aliphatic rings. The lowest BCUT2D eigenvalue weighted by Crippen LogP contribution is -2.15. The zero-order valence-corrected chi connectivity index (χ0v) is 16.5. The van der Waals surface area contributed by atoms with Gasteiger partial charge in [0.05, 0.1) is 16.9 Å². The first-order valence-electron chi connectivity index (χ1n) is 8.70. The molecule has 8 heteroatoms. The van der Waals surface area contributed by atoms with Gasteiger partial charge < -0.3 is 0 Å². The predicted molar refractivity (Wildman–Crippen MR) is 109 cm³/mol. The van der Waals surface area contributed by atoms with Gasteiger partial charge in [0.15, 0.2) is 5.13 Å². The van der Waals surface area contributed by atoms with E-state index in [1.807, 2.05) is 11.4 Å². The lowest BCUT2D eigenvalue weighted by atomic mass is 9.99. The predicted octanol–water partition coefficient (Wildman–Crippen LogP) is 3.96. The molecule has 7 nitrogen and oxygen atoms in total. The van der Waals surface area contributed by atoms with Gasteiger partial charge in [0, 0.05) is 10.9 Å². The molecule has 0 aliphatic carbocycles. The van der Waals surface area contributed by atoms with Crippen molar-refractivity contribution < 1.29 is 4.79 Å². The third kappa shape index (κ3) is 3.41. The molecule has 0 saturated carbocycles. The van der Waals surface area contributed by atoms with E-state index in [1.165, 1.54) is 33.5 Å². The standard InChI is InChI=1S/C20H18N6OS/c1-12-8-14(3)16(9-13(12)2)17-10-28-20(22-17)23-19(27)15-6-4-5-7-18(15)26-11-21-24-25-26/h4-11H,1-3H3,(H,22,23,27). The van der Waals surface area contributed by atoms with Crippen LogP contribution in [0.4, 0.5) is 5.13 Å². The molecular formula is C20H18N6OS. The van der Waals surface area contributed by atoms with Crippen molar-refractivity contribution in [2.24, 2.45) is 0 Å². The van der Waals surface area contributed by atoms with Gasteiger partial charge in [0.2, 0.25) is 0 Å². The zero-order valence-electron chi connectivity index (χ0n) is 15.7. The first-order chi connectivity index (χ1) is 13.5. The molecule has 2 aromatic carbocycles. The first-order valence-corrected chi connectivity index (χ1v) is 9.58. The van der Waals surface area contributed by atoms with Crippen LogP contribution in [0.5, 0.6) is 0 Å². The number of aromatic nitrogens is 5. The number of aryl methyl sites for hydroxylation is 3. The number of nitrogens with one attached hydrogen (secondary N) is 1.